The monoisotopic (exact) mass is 446 g/mol. The van der Waals surface area contributed by atoms with Crippen LogP contribution < -0.4 is 9.46 Å². The van der Waals surface area contributed by atoms with Gasteiger partial charge in [-0.15, -0.1) is 0 Å². The molecule has 2 aliphatic rings. The highest BCUT2D eigenvalue weighted by atomic mass is 32.2. The van der Waals surface area contributed by atoms with Gasteiger partial charge in [0.15, 0.2) is 5.78 Å². The highest BCUT2D eigenvalue weighted by Crippen LogP contribution is 2.32. The van der Waals surface area contributed by atoms with Crippen molar-refractivity contribution in [2.75, 3.05) is 26.2 Å². The van der Waals surface area contributed by atoms with E-state index in [-0.39, 0.29) is 22.6 Å². The largest absolute Gasteiger partial charge is 0.494 e. The maximum atomic E-state index is 13.0. The maximum absolute atomic E-state index is 13.0. The van der Waals surface area contributed by atoms with E-state index in [1.165, 1.54) is 12.1 Å². The molecular formula is C23H27FN2O4S. The second-order valence-electron chi connectivity index (χ2n) is 8.23. The van der Waals surface area contributed by atoms with Crippen LogP contribution in [0, 0.1) is 11.7 Å². The van der Waals surface area contributed by atoms with E-state index in [0.29, 0.717) is 13.2 Å². The van der Waals surface area contributed by atoms with Gasteiger partial charge in [0.05, 0.1) is 11.5 Å². The molecule has 0 amide bonds. The van der Waals surface area contributed by atoms with Crippen molar-refractivity contribution in [3.63, 3.8) is 0 Å². The van der Waals surface area contributed by atoms with E-state index >= 15 is 0 Å². The van der Waals surface area contributed by atoms with E-state index < -0.39 is 15.8 Å². The van der Waals surface area contributed by atoms with Crippen molar-refractivity contribution < 1.29 is 22.3 Å². The number of likely N-dealkylation sites (tertiary alicyclic amines) is 1. The van der Waals surface area contributed by atoms with Crippen LogP contribution in [-0.2, 0) is 10.0 Å². The number of rotatable bonds is 10. The molecule has 1 saturated carbocycles. The standard InChI is InChI=1S/C23H27FN2O4S/c24-19-6-10-22(11-7-19)31(28,29)25-20-12-14-26(16-20)13-1-15-30-21-8-4-18(5-9-21)23(27)17-2-3-17/h4-11,17,20,25H,1-3,12-16H2. The molecule has 8 heteroatoms. The molecule has 31 heavy (non-hydrogen) atoms. The summed E-state index contributed by atoms with van der Waals surface area (Å²) in [7, 11) is -3.65. The van der Waals surface area contributed by atoms with Crippen LogP contribution in [0.25, 0.3) is 0 Å². The smallest absolute Gasteiger partial charge is 0.240 e. The Morgan fingerprint density at radius 2 is 1.77 bits per heavy atom. The molecule has 1 aliphatic carbocycles. The summed E-state index contributed by atoms with van der Waals surface area (Å²) in [6, 6.07) is 12.0. The molecule has 6 nitrogen and oxygen atoms in total. The summed E-state index contributed by atoms with van der Waals surface area (Å²) in [6.07, 6.45) is 3.56. The van der Waals surface area contributed by atoms with Crippen molar-refractivity contribution in [2.45, 2.75) is 36.6 Å². The fourth-order valence-electron chi connectivity index (χ4n) is 3.81. The van der Waals surface area contributed by atoms with Crippen molar-refractivity contribution in [2.24, 2.45) is 5.92 Å². The molecule has 0 aromatic heterocycles. The number of ketones is 1. The summed E-state index contributed by atoms with van der Waals surface area (Å²) in [5, 5.41) is 0. The number of carbonyl (C=O) groups excluding carboxylic acids is 1. The molecule has 2 aromatic rings. The molecule has 2 fully saturated rings. The van der Waals surface area contributed by atoms with Crippen molar-refractivity contribution in [1.29, 1.82) is 0 Å². The summed E-state index contributed by atoms with van der Waals surface area (Å²) < 4.78 is 46.4. The molecule has 0 spiro atoms. The summed E-state index contributed by atoms with van der Waals surface area (Å²) in [6.45, 7) is 2.82. The Kier molecular flexibility index (Phi) is 6.69. The molecule has 2 aromatic carbocycles. The summed E-state index contributed by atoms with van der Waals surface area (Å²) in [5.41, 5.74) is 0.751. The zero-order chi connectivity index (χ0) is 21.8. The number of nitrogens with zero attached hydrogens (tertiary/aromatic N) is 1. The van der Waals surface area contributed by atoms with E-state index in [1.807, 2.05) is 24.3 Å². The molecule has 1 N–H and O–H groups in total. The minimum absolute atomic E-state index is 0.0746. The van der Waals surface area contributed by atoms with E-state index in [2.05, 4.69) is 9.62 Å². The Hall–Kier alpha value is -2.29. The Morgan fingerprint density at radius 1 is 1.06 bits per heavy atom. The van der Waals surface area contributed by atoms with Crippen molar-refractivity contribution >= 4 is 15.8 Å². The molecule has 4 rings (SSSR count). The minimum atomic E-state index is -3.65. The van der Waals surface area contributed by atoms with Gasteiger partial charge in [-0.1, -0.05) is 0 Å². The van der Waals surface area contributed by atoms with Gasteiger partial charge >= 0.3 is 0 Å². The van der Waals surface area contributed by atoms with Gasteiger partial charge in [-0.3, -0.25) is 4.79 Å². The summed E-state index contributed by atoms with van der Waals surface area (Å²) in [4.78, 5) is 14.3. The number of nitrogens with one attached hydrogen (secondary N) is 1. The maximum Gasteiger partial charge on any atom is 0.240 e. The predicted molar refractivity (Wildman–Crippen MR) is 115 cm³/mol. The zero-order valence-corrected chi connectivity index (χ0v) is 18.1. The van der Waals surface area contributed by atoms with E-state index in [0.717, 1.165) is 62.2 Å². The van der Waals surface area contributed by atoms with Gasteiger partial charge < -0.3 is 9.64 Å². The molecular weight excluding hydrogens is 419 g/mol. The molecule has 1 unspecified atom stereocenters. The lowest BCUT2D eigenvalue weighted by molar-refractivity contribution is 0.0967. The van der Waals surface area contributed by atoms with Gasteiger partial charge in [-0.05, 0) is 80.8 Å². The third-order valence-electron chi connectivity index (χ3n) is 5.69. The van der Waals surface area contributed by atoms with Crippen molar-refractivity contribution in [3.05, 3.63) is 59.9 Å². The number of Topliss-reactive ketones (excluding diaryl/α,β-unsaturated/α-hetero) is 1. The number of halogens is 1. The lowest BCUT2D eigenvalue weighted by atomic mass is 10.1. The fraction of sp³-hybridized carbons (Fsp3) is 0.435. The van der Waals surface area contributed by atoms with E-state index in [9.17, 15) is 17.6 Å². The van der Waals surface area contributed by atoms with Gasteiger partial charge in [-0.25, -0.2) is 17.5 Å². The first kappa shape index (κ1) is 21.9. The van der Waals surface area contributed by atoms with Crippen LogP contribution in [0.3, 0.4) is 0 Å². The number of hydrogen-bond donors (Lipinski definition) is 1. The van der Waals surface area contributed by atoms with Gasteiger partial charge in [0.25, 0.3) is 0 Å². The second-order valence-corrected chi connectivity index (χ2v) is 9.94. The van der Waals surface area contributed by atoms with E-state index in [4.69, 9.17) is 4.74 Å². The van der Waals surface area contributed by atoms with Crippen LogP contribution >= 0.6 is 0 Å². The third-order valence-corrected chi connectivity index (χ3v) is 7.23. The van der Waals surface area contributed by atoms with Crippen molar-refractivity contribution in [3.8, 4) is 5.75 Å². The zero-order valence-electron chi connectivity index (χ0n) is 17.3. The molecule has 1 atom stereocenters. The molecule has 166 valence electrons. The highest BCUT2D eigenvalue weighted by Gasteiger charge is 2.30. The van der Waals surface area contributed by atoms with Crippen LogP contribution in [0.1, 0.15) is 36.0 Å². The first-order valence-corrected chi connectivity index (χ1v) is 12.2. The lowest BCUT2D eigenvalue weighted by Gasteiger charge is -2.17. The average molecular weight is 447 g/mol. The van der Waals surface area contributed by atoms with Gasteiger partial charge in [-0.2, -0.15) is 0 Å². The summed E-state index contributed by atoms with van der Waals surface area (Å²) >= 11 is 0. The second kappa shape index (κ2) is 9.46. The van der Waals surface area contributed by atoms with Crippen LogP contribution in [0.4, 0.5) is 4.39 Å². The molecule has 1 heterocycles. The minimum Gasteiger partial charge on any atom is -0.494 e. The fourth-order valence-corrected chi connectivity index (χ4v) is 5.07. The van der Waals surface area contributed by atoms with Gasteiger partial charge in [0.1, 0.15) is 11.6 Å². The Labute approximate surface area is 182 Å². The van der Waals surface area contributed by atoms with Crippen molar-refractivity contribution in [1.82, 2.24) is 9.62 Å². The Bertz CT molecular complexity index is 1000. The topological polar surface area (TPSA) is 75.7 Å². The number of sulfonamides is 1. The summed E-state index contributed by atoms with van der Waals surface area (Å²) in [5.74, 6) is 0.732. The average Bonchev–Trinajstić information content (AvgIpc) is 3.52. The lowest BCUT2D eigenvalue weighted by Crippen LogP contribution is -2.37. The van der Waals surface area contributed by atoms with Crippen LogP contribution in [0.15, 0.2) is 53.4 Å². The molecule has 1 saturated heterocycles. The normalized spacial score (nSPS) is 19.5. The molecule has 0 bridgehead atoms. The molecule has 1 aliphatic heterocycles. The number of benzene rings is 2. The molecule has 0 radical (unpaired) electrons. The van der Waals surface area contributed by atoms with Crippen LogP contribution in [0.5, 0.6) is 5.75 Å². The Morgan fingerprint density at radius 3 is 2.45 bits per heavy atom. The van der Waals surface area contributed by atoms with E-state index in [1.54, 1.807) is 0 Å². The number of ether oxygens (including phenoxy) is 1. The van der Waals surface area contributed by atoms with Gasteiger partial charge in [0, 0.05) is 30.6 Å². The van der Waals surface area contributed by atoms with Crippen LogP contribution in [0.2, 0.25) is 0 Å². The first-order valence-electron chi connectivity index (χ1n) is 10.7. The SMILES string of the molecule is O=C(c1ccc(OCCCN2CCC(NS(=O)(=O)c3ccc(F)cc3)C2)cc1)C1CC1. The Balaban J connectivity index is 1.17. The highest BCUT2D eigenvalue weighted by molar-refractivity contribution is 7.89. The number of carbonyl (C=O) groups is 1. The quantitative estimate of drug-likeness (QED) is 0.448. The predicted octanol–water partition coefficient (Wildman–Crippen LogP) is 3.24. The first-order chi connectivity index (χ1) is 14.9. The van der Waals surface area contributed by atoms with Crippen LogP contribution in [-0.4, -0.2) is 51.4 Å². The third kappa shape index (κ3) is 5.90. The van der Waals surface area contributed by atoms with Gasteiger partial charge in [0.2, 0.25) is 10.0 Å². The number of hydrogen-bond acceptors (Lipinski definition) is 5.